The monoisotopic (exact) mass is 387 g/mol. The van der Waals surface area contributed by atoms with E-state index in [0.29, 0.717) is 25.1 Å². The topological polar surface area (TPSA) is 99.6 Å². The fourth-order valence-electron chi connectivity index (χ4n) is 2.66. The van der Waals surface area contributed by atoms with Crippen LogP contribution in [0.25, 0.3) is 0 Å². The summed E-state index contributed by atoms with van der Waals surface area (Å²) in [5, 5.41) is 12.7. The summed E-state index contributed by atoms with van der Waals surface area (Å²) in [4.78, 5) is 17.3. The molecule has 3 rings (SSSR count). The molecule has 0 saturated carbocycles. The number of aromatic nitrogens is 1. The van der Waals surface area contributed by atoms with Crippen LogP contribution < -0.4 is 5.32 Å². The zero-order valence-corrected chi connectivity index (χ0v) is 15.6. The quantitative estimate of drug-likeness (QED) is 0.813. The maximum Gasteiger partial charge on any atom is 0.338 e. The van der Waals surface area contributed by atoms with Gasteiger partial charge in [-0.15, -0.1) is 22.7 Å². The number of rotatable bonds is 5. The molecule has 0 radical (unpaired) electrons. The molecule has 2 N–H and O–H groups in total. The Bertz CT molecular complexity index is 858. The first-order chi connectivity index (χ1) is 11.3. The molecule has 130 valence electrons. The lowest BCUT2D eigenvalue weighted by Crippen LogP contribution is -2.30. The molecule has 7 nitrogen and oxygen atoms in total. The average molecular weight is 388 g/mol. The molecule has 1 aliphatic heterocycles. The third-order valence-corrected chi connectivity index (χ3v) is 8.73. The lowest BCUT2D eigenvalue weighted by Gasteiger charge is -2.22. The number of aromatic carboxylic acids is 1. The van der Waals surface area contributed by atoms with E-state index in [2.05, 4.69) is 10.3 Å². The number of sulfonamides is 1. The molecule has 24 heavy (non-hydrogen) atoms. The van der Waals surface area contributed by atoms with E-state index < -0.39 is 22.0 Å². The number of hydrogen-bond donors (Lipinski definition) is 2. The summed E-state index contributed by atoms with van der Waals surface area (Å²) >= 11 is 2.42. The van der Waals surface area contributed by atoms with E-state index in [-0.39, 0.29) is 9.77 Å². The molecule has 2 aromatic rings. The van der Waals surface area contributed by atoms with Gasteiger partial charge in [-0.1, -0.05) is 0 Å². The minimum absolute atomic E-state index is 0.0696. The van der Waals surface area contributed by atoms with Gasteiger partial charge in [0.2, 0.25) is 0 Å². The lowest BCUT2D eigenvalue weighted by atomic mass is 10.1. The number of nitrogens with one attached hydrogen (secondary N) is 1. The van der Waals surface area contributed by atoms with Crippen molar-refractivity contribution in [3.63, 3.8) is 0 Å². The van der Waals surface area contributed by atoms with Crippen molar-refractivity contribution >= 4 is 38.7 Å². The van der Waals surface area contributed by atoms with Crippen molar-refractivity contribution in [2.75, 3.05) is 13.6 Å². The molecular formula is C14H17N3O4S3. The maximum absolute atomic E-state index is 13.0. The molecule has 0 spiro atoms. The van der Waals surface area contributed by atoms with Gasteiger partial charge < -0.3 is 10.4 Å². The van der Waals surface area contributed by atoms with Crippen molar-refractivity contribution in [1.29, 1.82) is 0 Å². The Morgan fingerprint density at radius 3 is 2.88 bits per heavy atom. The van der Waals surface area contributed by atoms with Crippen molar-refractivity contribution in [2.24, 2.45) is 0 Å². The smallest absolute Gasteiger partial charge is 0.338 e. The number of thiophene rings is 1. The minimum atomic E-state index is -3.91. The first-order valence-corrected chi connectivity index (χ1v) is 10.4. The number of carboxylic acids is 1. The van der Waals surface area contributed by atoms with Crippen LogP contribution in [0.15, 0.2) is 15.9 Å². The molecule has 1 unspecified atom stereocenters. The zero-order chi connectivity index (χ0) is 17.5. The number of nitrogens with zero attached hydrogens (tertiary/aromatic N) is 2. The van der Waals surface area contributed by atoms with Gasteiger partial charge >= 0.3 is 5.97 Å². The summed E-state index contributed by atoms with van der Waals surface area (Å²) in [6.07, 6.45) is 2.15. The van der Waals surface area contributed by atoms with E-state index in [1.165, 1.54) is 22.7 Å². The Kier molecular flexibility index (Phi) is 4.76. The van der Waals surface area contributed by atoms with Gasteiger partial charge in [0.15, 0.2) is 0 Å². The molecule has 1 aliphatic rings. The SMILES string of the molecule is CC(c1cncs1)N(C)S(=O)(=O)c1sc2c(c1C(=O)O)CCNC2. The van der Waals surface area contributed by atoms with E-state index in [9.17, 15) is 18.3 Å². The third kappa shape index (κ3) is 2.88. The number of carboxylic acid groups (broad SMARTS) is 1. The van der Waals surface area contributed by atoms with Crippen LogP contribution in [0.4, 0.5) is 0 Å². The van der Waals surface area contributed by atoms with E-state index in [1.807, 2.05) is 0 Å². The molecule has 0 bridgehead atoms. The van der Waals surface area contributed by atoms with Gasteiger partial charge in [0, 0.05) is 29.5 Å². The van der Waals surface area contributed by atoms with E-state index >= 15 is 0 Å². The molecule has 3 heterocycles. The summed E-state index contributed by atoms with van der Waals surface area (Å²) in [7, 11) is -2.44. The van der Waals surface area contributed by atoms with Gasteiger partial charge in [0.05, 0.1) is 17.1 Å². The molecule has 0 aliphatic carbocycles. The van der Waals surface area contributed by atoms with Gasteiger partial charge in [-0.25, -0.2) is 13.2 Å². The van der Waals surface area contributed by atoms with Crippen LogP contribution in [0.3, 0.4) is 0 Å². The van der Waals surface area contributed by atoms with Crippen molar-refractivity contribution in [2.45, 2.75) is 30.1 Å². The Hall–Kier alpha value is -1.33. The molecular weight excluding hydrogens is 370 g/mol. The third-order valence-electron chi connectivity index (χ3n) is 4.13. The second-order valence-corrected chi connectivity index (χ2v) is 9.72. The number of hydrogen-bond acceptors (Lipinski definition) is 7. The highest BCUT2D eigenvalue weighted by Crippen LogP contribution is 2.38. The predicted molar refractivity (Wildman–Crippen MR) is 92.2 cm³/mol. The fraction of sp³-hybridized carbons (Fsp3) is 0.429. The molecule has 2 aromatic heterocycles. The Labute approximate surface area is 148 Å². The van der Waals surface area contributed by atoms with Crippen LogP contribution in [0.2, 0.25) is 0 Å². The highest BCUT2D eigenvalue weighted by atomic mass is 32.2. The van der Waals surface area contributed by atoms with E-state index in [4.69, 9.17) is 0 Å². The Morgan fingerprint density at radius 2 is 2.25 bits per heavy atom. The number of carbonyl (C=O) groups is 1. The van der Waals surface area contributed by atoms with Gasteiger partial charge in [-0.3, -0.25) is 4.98 Å². The highest BCUT2D eigenvalue weighted by molar-refractivity contribution is 7.91. The van der Waals surface area contributed by atoms with Crippen LogP contribution in [0.5, 0.6) is 0 Å². The van der Waals surface area contributed by atoms with E-state index in [0.717, 1.165) is 21.1 Å². The van der Waals surface area contributed by atoms with Crippen molar-refractivity contribution in [3.8, 4) is 0 Å². The first kappa shape index (κ1) is 17.5. The number of thiazole rings is 1. The standard InChI is InChI=1S/C14H17N3O4S3/c1-8(10-5-16-7-22-10)17(2)24(20,21)14-12(13(18)19)9-3-4-15-6-11(9)23-14/h5,7-8,15H,3-4,6H2,1-2H3,(H,18,19). The van der Waals surface area contributed by atoms with Crippen molar-refractivity contribution in [1.82, 2.24) is 14.6 Å². The Morgan fingerprint density at radius 1 is 1.50 bits per heavy atom. The van der Waals surface area contributed by atoms with Gasteiger partial charge in [-0.2, -0.15) is 4.31 Å². The largest absolute Gasteiger partial charge is 0.478 e. The molecule has 1 atom stereocenters. The second kappa shape index (κ2) is 6.52. The van der Waals surface area contributed by atoms with Crippen LogP contribution >= 0.6 is 22.7 Å². The fourth-order valence-corrected chi connectivity index (χ4v) is 6.82. The first-order valence-electron chi connectivity index (χ1n) is 7.29. The van der Waals surface area contributed by atoms with Gasteiger partial charge in [0.25, 0.3) is 10.0 Å². The van der Waals surface area contributed by atoms with Gasteiger partial charge in [-0.05, 0) is 25.5 Å². The second-order valence-electron chi connectivity index (χ2n) is 5.50. The summed E-state index contributed by atoms with van der Waals surface area (Å²) < 4.78 is 27.2. The minimum Gasteiger partial charge on any atom is -0.478 e. The molecule has 0 fully saturated rings. The summed E-state index contributed by atoms with van der Waals surface area (Å²) in [6, 6.07) is -0.415. The molecule has 0 saturated heterocycles. The summed E-state index contributed by atoms with van der Waals surface area (Å²) in [6.45, 7) is 2.92. The summed E-state index contributed by atoms with van der Waals surface area (Å²) in [5.41, 5.74) is 2.22. The van der Waals surface area contributed by atoms with E-state index in [1.54, 1.807) is 18.6 Å². The van der Waals surface area contributed by atoms with Gasteiger partial charge in [0.1, 0.15) is 4.21 Å². The van der Waals surface area contributed by atoms with Crippen molar-refractivity contribution < 1.29 is 18.3 Å². The molecule has 0 amide bonds. The molecule has 0 aromatic carbocycles. The zero-order valence-electron chi connectivity index (χ0n) is 13.1. The average Bonchev–Trinajstić information content (AvgIpc) is 3.20. The highest BCUT2D eigenvalue weighted by Gasteiger charge is 2.36. The van der Waals surface area contributed by atoms with Crippen LogP contribution in [0.1, 0.15) is 38.6 Å². The van der Waals surface area contributed by atoms with Crippen molar-refractivity contribution in [3.05, 3.63) is 32.6 Å². The van der Waals surface area contributed by atoms with Crippen LogP contribution in [-0.2, 0) is 23.0 Å². The molecule has 10 heteroatoms. The number of fused-ring (bicyclic) bond motifs is 1. The van der Waals surface area contributed by atoms with Crippen LogP contribution in [0, 0.1) is 0 Å². The lowest BCUT2D eigenvalue weighted by molar-refractivity contribution is 0.0692. The Balaban J connectivity index is 2.07. The normalized spacial score (nSPS) is 16.1. The maximum atomic E-state index is 13.0. The van der Waals surface area contributed by atoms with Crippen LogP contribution in [-0.4, -0.2) is 42.4 Å². The summed E-state index contributed by atoms with van der Waals surface area (Å²) in [5.74, 6) is -1.19. The predicted octanol–water partition coefficient (Wildman–Crippen LogP) is 1.93.